The third kappa shape index (κ3) is 3.57. The summed E-state index contributed by atoms with van der Waals surface area (Å²) in [7, 11) is 0. The second kappa shape index (κ2) is 6.61. The highest BCUT2D eigenvalue weighted by atomic mass is 16.5. The van der Waals surface area contributed by atoms with Gasteiger partial charge in [-0.2, -0.15) is 4.98 Å². The van der Waals surface area contributed by atoms with E-state index in [4.69, 9.17) is 4.74 Å². The highest BCUT2D eigenvalue weighted by Gasteiger charge is 2.41. The van der Waals surface area contributed by atoms with Gasteiger partial charge in [0.25, 0.3) is 0 Å². The van der Waals surface area contributed by atoms with E-state index in [1.807, 2.05) is 36.7 Å². The van der Waals surface area contributed by atoms with E-state index < -0.39 is 0 Å². The molecule has 0 bridgehead atoms. The molecule has 0 unspecified atom stereocenters. The van der Waals surface area contributed by atoms with Gasteiger partial charge in [-0.3, -0.25) is 0 Å². The molecule has 0 saturated heterocycles. The van der Waals surface area contributed by atoms with Gasteiger partial charge in [0.1, 0.15) is 5.65 Å². The first-order chi connectivity index (χ1) is 11.8. The molecule has 3 aromatic rings. The average Bonchev–Trinajstić information content (AvgIpc) is 3.24. The van der Waals surface area contributed by atoms with Crippen molar-refractivity contribution in [1.82, 2.24) is 15.0 Å². The summed E-state index contributed by atoms with van der Waals surface area (Å²) >= 11 is 0. The molecule has 4 rings (SSSR count). The van der Waals surface area contributed by atoms with Gasteiger partial charge in [0.2, 0.25) is 5.95 Å². The topological polar surface area (TPSA) is 62.8 Å². The number of rotatable bonds is 8. The first-order valence-corrected chi connectivity index (χ1v) is 8.49. The standard InChI is InChI=1S/C19H22N4O/c1-2-4-15(5-3-1)13-24-11-9-19(7-8-19)14-22-18-21-12-16-6-10-20-17(16)23-18/h1-6,10,12H,7-9,11,13-14H2,(H2,20,21,22,23). The maximum Gasteiger partial charge on any atom is 0.224 e. The number of hydrogen-bond donors (Lipinski definition) is 2. The Morgan fingerprint density at radius 2 is 2.04 bits per heavy atom. The molecule has 2 aromatic heterocycles. The van der Waals surface area contributed by atoms with Crippen LogP contribution in [0.25, 0.3) is 11.0 Å². The Kier molecular flexibility index (Phi) is 4.17. The van der Waals surface area contributed by atoms with E-state index in [9.17, 15) is 0 Å². The molecule has 1 aromatic carbocycles. The highest BCUT2D eigenvalue weighted by Crippen LogP contribution is 2.48. The number of aromatic amines is 1. The highest BCUT2D eigenvalue weighted by molar-refractivity contribution is 5.75. The maximum atomic E-state index is 5.83. The summed E-state index contributed by atoms with van der Waals surface area (Å²) < 4.78 is 5.83. The zero-order valence-corrected chi connectivity index (χ0v) is 13.7. The van der Waals surface area contributed by atoms with Crippen molar-refractivity contribution >= 4 is 17.0 Å². The van der Waals surface area contributed by atoms with Gasteiger partial charge in [-0.05, 0) is 36.3 Å². The number of nitrogens with one attached hydrogen (secondary N) is 2. The van der Waals surface area contributed by atoms with E-state index in [1.165, 1.54) is 18.4 Å². The molecule has 124 valence electrons. The van der Waals surface area contributed by atoms with Gasteiger partial charge in [0.05, 0.1) is 6.61 Å². The summed E-state index contributed by atoms with van der Waals surface area (Å²) in [5.74, 6) is 0.696. The van der Waals surface area contributed by atoms with E-state index in [1.54, 1.807) is 0 Å². The number of ether oxygens (including phenoxy) is 1. The van der Waals surface area contributed by atoms with Gasteiger partial charge >= 0.3 is 0 Å². The summed E-state index contributed by atoms with van der Waals surface area (Å²) in [4.78, 5) is 12.0. The van der Waals surface area contributed by atoms with Gasteiger partial charge in [-0.1, -0.05) is 30.3 Å². The molecule has 5 heteroatoms. The third-order valence-electron chi connectivity index (χ3n) is 4.77. The van der Waals surface area contributed by atoms with Gasteiger partial charge < -0.3 is 15.0 Å². The smallest absolute Gasteiger partial charge is 0.224 e. The molecular weight excluding hydrogens is 300 g/mol. The quantitative estimate of drug-likeness (QED) is 0.620. The van der Waals surface area contributed by atoms with Gasteiger partial charge in [0, 0.05) is 30.9 Å². The molecular formula is C19H22N4O. The Bertz CT molecular complexity index is 795. The summed E-state index contributed by atoms with van der Waals surface area (Å²) in [6.07, 6.45) is 7.32. The van der Waals surface area contributed by atoms with Gasteiger partial charge in [0.15, 0.2) is 0 Å². The fourth-order valence-corrected chi connectivity index (χ4v) is 2.94. The molecule has 1 aliphatic carbocycles. The van der Waals surface area contributed by atoms with E-state index in [0.29, 0.717) is 18.0 Å². The summed E-state index contributed by atoms with van der Waals surface area (Å²) in [6.45, 7) is 2.40. The number of benzene rings is 1. The Morgan fingerprint density at radius 1 is 1.17 bits per heavy atom. The van der Waals surface area contributed by atoms with Crippen LogP contribution < -0.4 is 5.32 Å². The van der Waals surface area contributed by atoms with Crippen molar-refractivity contribution in [2.45, 2.75) is 25.9 Å². The minimum atomic E-state index is 0.352. The minimum absolute atomic E-state index is 0.352. The summed E-state index contributed by atoms with van der Waals surface area (Å²) in [6, 6.07) is 12.3. The van der Waals surface area contributed by atoms with E-state index in [2.05, 4.69) is 32.4 Å². The normalized spacial score (nSPS) is 15.5. The molecule has 2 heterocycles. The zero-order chi connectivity index (χ0) is 16.2. The molecule has 24 heavy (non-hydrogen) atoms. The second-order valence-corrected chi connectivity index (χ2v) is 6.62. The van der Waals surface area contributed by atoms with Crippen LogP contribution in [-0.4, -0.2) is 28.1 Å². The monoisotopic (exact) mass is 322 g/mol. The SMILES string of the molecule is c1ccc(COCCC2(CNc3ncc4cc[nH]c4n3)CC2)cc1. The summed E-state index contributed by atoms with van der Waals surface area (Å²) in [5, 5.41) is 4.43. The molecule has 1 aliphatic rings. The van der Waals surface area contributed by atoms with Crippen LogP contribution in [0.5, 0.6) is 0 Å². The van der Waals surface area contributed by atoms with Crippen molar-refractivity contribution < 1.29 is 4.74 Å². The van der Waals surface area contributed by atoms with Crippen LogP contribution in [0.3, 0.4) is 0 Å². The first-order valence-electron chi connectivity index (χ1n) is 8.49. The third-order valence-corrected chi connectivity index (χ3v) is 4.77. The average molecular weight is 322 g/mol. The minimum Gasteiger partial charge on any atom is -0.377 e. The van der Waals surface area contributed by atoms with Crippen LogP contribution >= 0.6 is 0 Å². The van der Waals surface area contributed by atoms with Crippen molar-refractivity contribution in [3.05, 3.63) is 54.4 Å². The number of nitrogens with zero attached hydrogens (tertiary/aromatic N) is 2. The predicted molar refractivity (Wildman–Crippen MR) is 94.8 cm³/mol. The van der Waals surface area contributed by atoms with E-state index in [0.717, 1.165) is 30.6 Å². The molecule has 2 N–H and O–H groups in total. The lowest BCUT2D eigenvalue weighted by Gasteiger charge is -2.16. The van der Waals surface area contributed by atoms with Crippen LogP contribution in [0, 0.1) is 5.41 Å². The number of fused-ring (bicyclic) bond motifs is 1. The first kappa shape index (κ1) is 15.1. The largest absolute Gasteiger partial charge is 0.377 e. The molecule has 0 aliphatic heterocycles. The number of anilines is 1. The van der Waals surface area contributed by atoms with Crippen LogP contribution in [0.1, 0.15) is 24.8 Å². The van der Waals surface area contributed by atoms with Gasteiger partial charge in [-0.25, -0.2) is 4.98 Å². The van der Waals surface area contributed by atoms with Crippen LogP contribution in [0.2, 0.25) is 0 Å². The molecule has 0 amide bonds. The van der Waals surface area contributed by atoms with E-state index in [-0.39, 0.29) is 0 Å². The molecule has 1 fully saturated rings. The maximum absolute atomic E-state index is 5.83. The molecule has 0 radical (unpaired) electrons. The number of H-pyrrole nitrogens is 1. The lowest BCUT2D eigenvalue weighted by Crippen LogP contribution is -2.18. The van der Waals surface area contributed by atoms with Crippen LogP contribution in [-0.2, 0) is 11.3 Å². The van der Waals surface area contributed by atoms with Crippen LogP contribution in [0.4, 0.5) is 5.95 Å². The molecule has 1 saturated carbocycles. The van der Waals surface area contributed by atoms with E-state index >= 15 is 0 Å². The van der Waals surface area contributed by atoms with Crippen molar-refractivity contribution in [2.24, 2.45) is 5.41 Å². The zero-order valence-electron chi connectivity index (χ0n) is 13.7. The fraction of sp³-hybridized carbons (Fsp3) is 0.368. The second-order valence-electron chi connectivity index (χ2n) is 6.62. The lowest BCUT2D eigenvalue weighted by molar-refractivity contribution is 0.105. The molecule has 0 spiro atoms. The number of aromatic nitrogens is 3. The lowest BCUT2D eigenvalue weighted by atomic mass is 10.0. The van der Waals surface area contributed by atoms with Crippen molar-refractivity contribution in [3.63, 3.8) is 0 Å². The summed E-state index contributed by atoms with van der Waals surface area (Å²) in [5.41, 5.74) is 2.46. The van der Waals surface area contributed by atoms with Crippen molar-refractivity contribution in [3.8, 4) is 0 Å². The molecule has 0 atom stereocenters. The van der Waals surface area contributed by atoms with Gasteiger partial charge in [-0.15, -0.1) is 0 Å². The van der Waals surface area contributed by atoms with Crippen LogP contribution in [0.15, 0.2) is 48.8 Å². The Morgan fingerprint density at radius 3 is 2.88 bits per heavy atom. The fourth-order valence-electron chi connectivity index (χ4n) is 2.94. The predicted octanol–water partition coefficient (Wildman–Crippen LogP) is 3.76. The van der Waals surface area contributed by atoms with Crippen molar-refractivity contribution in [2.75, 3.05) is 18.5 Å². The van der Waals surface area contributed by atoms with Crippen molar-refractivity contribution in [1.29, 1.82) is 0 Å². The Balaban J connectivity index is 1.24. The molecule has 5 nitrogen and oxygen atoms in total. The number of hydrogen-bond acceptors (Lipinski definition) is 4. The Labute approximate surface area is 141 Å². The Hall–Kier alpha value is -2.40.